The third-order valence-corrected chi connectivity index (χ3v) is 5.18. The standard InChI is InChI=1S/C9H18S2/c1-3-8(2)7-9-10-5-4-6-11-9/h8-9H,3-7H2,1-2H3. The molecule has 1 aliphatic heterocycles. The lowest BCUT2D eigenvalue weighted by Gasteiger charge is -2.23. The van der Waals surface area contributed by atoms with Crippen LogP contribution in [0, 0.1) is 5.92 Å². The van der Waals surface area contributed by atoms with E-state index in [2.05, 4.69) is 37.4 Å². The maximum atomic E-state index is 2.37. The van der Waals surface area contributed by atoms with Crippen molar-refractivity contribution in [1.29, 1.82) is 0 Å². The molecule has 0 bridgehead atoms. The molecule has 0 aliphatic carbocycles. The maximum absolute atomic E-state index is 2.37. The Labute approximate surface area is 78.9 Å². The van der Waals surface area contributed by atoms with E-state index >= 15 is 0 Å². The quantitative estimate of drug-likeness (QED) is 0.666. The molecule has 0 amide bonds. The number of thioether (sulfide) groups is 2. The monoisotopic (exact) mass is 190 g/mol. The van der Waals surface area contributed by atoms with Gasteiger partial charge in [-0.15, -0.1) is 23.5 Å². The van der Waals surface area contributed by atoms with Crippen LogP contribution in [-0.4, -0.2) is 16.1 Å². The van der Waals surface area contributed by atoms with Crippen molar-refractivity contribution in [3.63, 3.8) is 0 Å². The van der Waals surface area contributed by atoms with Crippen LogP contribution in [0.2, 0.25) is 0 Å². The molecule has 66 valence electrons. The SMILES string of the molecule is CCC(C)CC1SCCCS1. The molecule has 1 rings (SSSR count). The van der Waals surface area contributed by atoms with E-state index in [1.165, 1.54) is 30.8 Å². The van der Waals surface area contributed by atoms with E-state index < -0.39 is 0 Å². The zero-order valence-corrected chi connectivity index (χ0v) is 9.14. The normalized spacial score (nSPS) is 23.5. The number of rotatable bonds is 3. The van der Waals surface area contributed by atoms with Gasteiger partial charge in [0, 0.05) is 0 Å². The first-order chi connectivity index (χ1) is 5.33. The van der Waals surface area contributed by atoms with Gasteiger partial charge in [0.1, 0.15) is 0 Å². The molecule has 1 fully saturated rings. The van der Waals surface area contributed by atoms with Crippen molar-refractivity contribution >= 4 is 23.5 Å². The number of hydrogen-bond acceptors (Lipinski definition) is 2. The van der Waals surface area contributed by atoms with Crippen molar-refractivity contribution in [1.82, 2.24) is 0 Å². The van der Waals surface area contributed by atoms with E-state index in [4.69, 9.17) is 0 Å². The van der Waals surface area contributed by atoms with Crippen LogP contribution in [0.15, 0.2) is 0 Å². The lowest BCUT2D eigenvalue weighted by atomic mass is 10.1. The first-order valence-corrected chi connectivity index (χ1v) is 6.66. The summed E-state index contributed by atoms with van der Waals surface area (Å²) < 4.78 is 0.915. The average Bonchev–Trinajstić information content (AvgIpc) is 2.06. The first kappa shape index (κ1) is 9.79. The second-order valence-corrected chi connectivity index (χ2v) is 6.19. The van der Waals surface area contributed by atoms with Crippen LogP contribution in [0.4, 0.5) is 0 Å². The number of hydrogen-bond donors (Lipinski definition) is 0. The van der Waals surface area contributed by atoms with Gasteiger partial charge in [-0.1, -0.05) is 20.3 Å². The largest absolute Gasteiger partial charge is 0.148 e. The summed E-state index contributed by atoms with van der Waals surface area (Å²) >= 11 is 4.34. The van der Waals surface area contributed by atoms with Crippen molar-refractivity contribution in [2.45, 2.75) is 37.7 Å². The molecule has 0 aromatic carbocycles. The van der Waals surface area contributed by atoms with Gasteiger partial charge in [0.25, 0.3) is 0 Å². The Kier molecular flexibility index (Phi) is 4.77. The molecule has 1 heterocycles. The Balaban J connectivity index is 2.13. The fourth-order valence-corrected chi connectivity index (χ4v) is 4.39. The van der Waals surface area contributed by atoms with E-state index in [1.54, 1.807) is 0 Å². The van der Waals surface area contributed by atoms with Gasteiger partial charge in [0.15, 0.2) is 0 Å². The topological polar surface area (TPSA) is 0 Å². The molecular formula is C9H18S2. The Morgan fingerprint density at radius 3 is 2.55 bits per heavy atom. The van der Waals surface area contributed by atoms with Gasteiger partial charge in [0.05, 0.1) is 4.58 Å². The highest BCUT2D eigenvalue weighted by Crippen LogP contribution is 2.35. The van der Waals surface area contributed by atoms with E-state index in [0.29, 0.717) is 0 Å². The van der Waals surface area contributed by atoms with Gasteiger partial charge in [0.2, 0.25) is 0 Å². The zero-order valence-electron chi connectivity index (χ0n) is 7.51. The predicted molar refractivity (Wildman–Crippen MR) is 57.4 cm³/mol. The Morgan fingerprint density at radius 2 is 2.00 bits per heavy atom. The van der Waals surface area contributed by atoms with Crippen LogP contribution in [-0.2, 0) is 0 Å². The molecule has 2 heteroatoms. The highest BCUT2D eigenvalue weighted by Gasteiger charge is 2.16. The van der Waals surface area contributed by atoms with E-state index in [9.17, 15) is 0 Å². The summed E-state index contributed by atoms with van der Waals surface area (Å²) in [6, 6.07) is 0. The fraction of sp³-hybridized carbons (Fsp3) is 1.00. The Hall–Kier alpha value is 0.700. The molecule has 11 heavy (non-hydrogen) atoms. The molecule has 1 saturated heterocycles. The summed E-state index contributed by atoms with van der Waals surface area (Å²) in [6.45, 7) is 4.67. The fourth-order valence-electron chi connectivity index (χ4n) is 1.17. The maximum Gasteiger partial charge on any atom is 0.0505 e. The van der Waals surface area contributed by atoms with Crippen molar-refractivity contribution in [2.24, 2.45) is 5.92 Å². The van der Waals surface area contributed by atoms with Crippen LogP contribution in [0.3, 0.4) is 0 Å². The van der Waals surface area contributed by atoms with E-state index in [-0.39, 0.29) is 0 Å². The van der Waals surface area contributed by atoms with Crippen LogP contribution < -0.4 is 0 Å². The van der Waals surface area contributed by atoms with Gasteiger partial charge in [-0.25, -0.2) is 0 Å². The molecule has 0 radical (unpaired) electrons. The smallest absolute Gasteiger partial charge is 0.0505 e. The molecule has 1 aliphatic rings. The highest BCUT2D eigenvalue weighted by molar-refractivity contribution is 8.17. The minimum absolute atomic E-state index is 0.915. The third-order valence-electron chi connectivity index (χ3n) is 2.19. The molecule has 0 nitrogen and oxygen atoms in total. The van der Waals surface area contributed by atoms with Gasteiger partial charge in [-0.3, -0.25) is 0 Å². The summed E-state index contributed by atoms with van der Waals surface area (Å²) in [7, 11) is 0. The minimum atomic E-state index is 0.915. The Bertz CT molecular complexity index is 97.7. The molecule has 1 unspecified atom stereocenters. The molecule has 0 saturated carbocycles. The van der Waals surface area contributed by atoms with Crippen molar-refractivity contribution in [3.05, 3.63) is 0 Å². The van der Waals surface area contributed by atoms with Gasteiger partial charge in [-0.2, -0.15) is 0 Å². The van der Waals surface area contributed by atoms with Crippen molar-refractivity contribution in [3.8, 4) is 0 Å². The zero-order chi connectivity index (χ0) is 8.10. The molecular weight excluding hydrogens is 172 g/mol. The van der Waals surface area contributed by atoms with Crippen LogP contribution >= 0.6 is 23.5 Å². The highest BCUT2D eigenvalue weighted by atomic mass is 32.2. The summed E-state index contributed by atoms with van der Waals surface area (Å²) in [5, 5.41) is 0. The molecule has 0 N–H and O–H groups in total. The molecule has 0 aromatic rings. The summed E-state index contributed by atoms with van der Waals surface area (Å²) in [4.78, 5) is 0. The molecule has 0 spiro atoms. The lowest BCUT2D eigenvalue weighted by Crippen LogP contribution is -2.10. The summed E-state index contributed by atoms with van der Waals surface area (Å²) in [5.41, 5.74) is 0. The molecule has 0 aromatic heterocycles. The van der Waals surface area contributed by atoms with Gasteiger partial charge in [-0.05, 0) is 30.3 Å². The van der Waals surface area contributed by atoms with Crippen LogP contribution in [0.1, 0.15) is 33.1 Å². The van der Waals surface area contributed by atoms with Gasteiger partial charge >= 0.3 is 0 Å². The second kappa shape index (κ2) is 5.36. The van der Waals surface area contributed by atoms with Crippen LogP contribution in [0.5, 0.6) is 0 Å². The van der Waals surface area contributed by atoms with Crippen LogP contribution in [0.25, 0.3) is 0 Å². The summed E-state index contributed by atoms with van der Waals surface area (Å²) in [6.07, 6.45) is 4.19. The molecule has 1 atom stereocenters. The lowest BCUT2D eigenvalue weighted by molar-refractivity contribution is 0.539. The predicted octanol–water partition coefficient (Wildman–Crippen LogP) is 3.62. The third kappa shape index (κ3) is 3.75. The van der Waals surface area contributed by atoms with Gasteiger partial charge < -0.3 is 0 Å². The van der Waals surface area contributed by atoms with Crippen molar-refractivity contribution < 1.29 is 0 Å². The second-order valence-electron chi connectivity index (χ2n) is 3.27. The Morgan fingerprint density at radius 1 is 1.36 bits per heavy atom. The minimum Gasteiger partial charge on any atom is -0.148 e. The summed E-state index contributed by atoms with van der Waals surface area (Å²) in [5.74, 6) is 3.72. The first-order valence-electron chi connectivity index (χ1n) is 4.56. The van der Waals surface area contributed by atoms with E-state index in [0.717, 1.165) is 10.5 Å². The average molecular weight is 190 g/mol. The van der Waals surface area contributed by atoms with Crippen molar-refractivity contribution in [2.75, 3.05) is 11.5 Å². The van der Waals surface area contributed by atoms with E-state index in [1.807, 2.05) is 0 Å².